The lowest BCUT2D eigenvalue weighted by atomic mass is 10.1. The molecule has 0 unspecified atom stereocenters. The van der Waals surface area contributed by atoms with E-state index in [1.54, 1.807) is 23.2 Å². The summed E-state index contributed by atoms with van der Waals surface area (Å²) >= 11 is 0. The number of amides is 1. The number of alkyl halides is 1. The summed E-state index contributed by atoms with van der Waals surface area (Å²) in [5.74, 6) is 0.718. The van der Waals surface area contributed by atoms with Crippen LogP contribution in [0.15, 0.2) is 24.5 Å². The number of aromatic nitrogens is 3. The molecule has 0 radical (unpaired) electrons. The Morgan fingerprint density at radius 3 is 2.74 bits per heavy atom. The van der Waals surface area contributed by atoms with Gasteiger partial charge in [-0.05, 0) is 26.3 Å². The van der Waals surface area contributed by atoms with Gasteiger partial charge in [-0.25, -0.2) is 22.8 Å². The van der Waals surface area contributed by atoms with Crippen LogP contribution < -0.4 is 20.9 Å². The molecule has 3 rings (SSSR count). The summed E-state index contributed by atoms with van der Waals surface area (Å²) in [6.45, 7) is 4.59. The minimum atomic E-state index is -3.19. The largest absolute Gasteiger partial charge is 0.382 e. The first kappa shape index (κ1) is 26.5. The van der Waals surface area contributed by atoms with Gasteiger partial charge >= 0.3 is 0 Å². The average molecular weight is 510 g/mol. The zero-order valence-corrected chi connectivity index (χ0v) is 21.1. The molecule has 2 aromatic heterocycles. The summed E-state index contributed by atoms with van der Waals surface area (Å²) in [7, 11) is -1.68. The number of carbonyl (C=O) groups is 1. The molecule has 0 aromatic carbocycles. The van der Waals surface area contributed by atoms with Crippen LogP contribution in [-0.2, 0) is 14.6 Å². The average Bonchev–Trinajstić information content (AvgIpc) is 2.78. The van der Waals surface area contributed by atoms with Crippen molar-refractivity contribution in [1.29, 1.82) is 0 Å². The van der Waals surface area contributed by atoms with E-state index >= 15 is 0 Å². The lowest BCUT2D eigenvalue weighted by Gasteiger charge is -2.33. The second-order valence-electron chi connectivity index (χ2n) is 8.69. The maximum atomic E-state index is 14.3. The normalized spacial score (nSPS) is 18.4. The Balaban J connectivity index is 1.74. The van der Waals surface area contributed by atoms with E-state index < -0.39 is 28.0 Å². The van der Waals surface area contributed by atoms with Gasteiger partial charge in [0.05, 0.1) is 29.7 Å². The maximum Gasteiger partial charge on any atom is 0.254 e. The smallest absolute Gasteiger partial charge is 0.254 e. The number of rotatable bonds is 10. The highest BCUT2D eigenvalue weighted by molar-refractivity contribution is 7.90. The van der Waals surface area contributed by atoms with Gasteiger partial charge in [0.15, 0.2) is 0 Å². The molecule has 0 aliphatic carbocycles. The monoisotopic (exact) mass is 509 g/mol. The van der Waals surface area contributed by atoms with E-state index in [1.165, 1.54) is 13.3 Å². The molecule has 11 nitrogen and oxygen atoms in total. The molecular weight excluding hydrogens is 477 g/mol. The summed E-state index contributed by atoms with van der Waals surface area (Å²) in [6.07, 6.45) is 3.09. The molecule has 192 valence electrons. The number of anilines is 4. The van der Waals surface area contributed by atoms with E-state index in [0.717, 1.165) is 6.26 Å². The lowest BCUT2D eigenvalue weighted by molar-refractivity contribution is 0.0194. The number of hydrogen-bond acceptors (Lipinski definition) is 10. The van der Waals surface area contributed by atoms with Gasteiger partial charge in [-0.15, -0.1) is 0 Å². The molecule has 1 fully saturated rings. The molecule has 1 aliphatic heterocycles. The number of piperidine rings is 1. The molecule has 2 atom stereocenters. The van der Waals surface area contributed by atoms with E-state index in [0.29, 0.717) is 36.2 Å². The Morgan fingerprint density at radius 1 is 1.31 bits per heavy atom. The predicted octanol–water partition coefficient (Wildman–Crippen LogP) is 1.77. The van der Waals surface area contributed by atoms with E-state index in [-0.39, 0.29) is 30.4 Å². The molecular formula is C22H32FN7O4S. The van der Waals surface area contributed by atoms with Crippen LogP contribution in [0.25, 0.3) is 0 Å². The Bertz CT molecular complexity index is 1130. The molecule has 0 bridgehead atoms. The van der Waals surface area contributed by atoms with Crippen LogP contribution >= 0.6 is 0 Å². The van der Waals surface area contributed by atoms with Crippen molar-refractivity contribution in [3.63, 3.8) is 0 Å². The van der Waals surface area contributed by atoms with Crippen molar-refractivity contribution < 1.29 is 22.3 Å². The van der Waals surface area contributed by atoms with Crippen LogP contribution in [-0.4, -0.2) is 86.3 Å². The fourth-order valence-corrected chi connectivity index (χ4v) is 4.09. The minimum Gasteiger partial charge on any atom is -0.382 e. The number of nitrogens with one attached hydrogen (secondary N) is 3. The molecule has 3 heterocycles. The van der Waals surface area contributed by atoms with Gasteiger partial charge in [0, 0.05) is 51.0 Å². The fraction of sp³-hybridized carbons (Fsp3) is 0.545. The number of pyridine rings is 1. The lowest BCUT2D eigenvalue weighted by Crippen LogP contribution is -2.46. The van der Waals surface area contributed by atoms with E-state index in [4.69, 9.17) is 4.74 Å². The molecule has 35 heavy (non-hydrogen) atoms. The Hall–Kier alpha value is -3.06. The number of halogens is 1. The molecule has 0 saturated carbocycles. The van der Waals surface area contributed by atoms with Crippen molar-refractivity contribution in [3.8, 4) is 0 Å². The summed E-state index contributed by atoms with van der Waals surface area (Å²) in [4.78, 5) is 27.5. The second kappa shape index (κ2) is 11.6. The first-order valence-corrected chi connectivity index (χ1v) is 13.4. The van der Waals surface area contributed by atoms with Crippen molar-refractivity contribution in [2.45, 2.75) is 38.6 Å². The van der Waals surface area contributed by atoms with Crippen molar-refractivity contribution in [2.75, 3.05) is 54.3 Å². The molecule has 13 heteroatoms. The zero-order chi connectivity index (χ0) is 25.6. The maximum absolute atomic E-state index is 14.3. The van der Waals surface area contributed by atoms with Crippen LogP contribution in [0.2, 0.25) is 0 Å². The Kier molecular flexibility index (Phi) is 8.78. The summed E-state index contributed by atoms with van der Waals surface area (Å²) < 4.78 is 42.1. The third kappa shape index (κ3) is 7.72. The highest BCUT2D eigenvalue weighted by atomic mass is 32.2. The van der Waals surface area contributed by atoms with Crippen LogP contribution in [0.5, 0.6) is 0 Å². The van der Waals surface area contributed by atoms with Gasteiger partial charge in [0.25, 0.3) is 5.91 Å². The number of nitrogens with zero attached hydrogens (tertiary/aromatic N) is 4. The Morgan fingerprint density at radius 2 is 2.09 bits per heavy atom. The number of carbonyl (C=O) groups excluding carboxylic acids is 1. The zero-order valence-electron chi connectivity index (χ0n) is 20.3. The molecule has 1 aliphatic rings. The third-order valence-corrected chi connectivity index (χ3v) is 6.26. The van der Waals surface area contributed by atoms with Crippen LogP contribution in [0.1, 0.15) is 30.6 Å². The van der Waals surface area contributed by atoms with Crippen molar-refractivity contribution in [1.82, 2.24) is 20.3 Å². The Labute approximate surface area is 204 Å². The van der Waals surface area contributed by atoms with Gasteiger partial charge in [-0.1, -0.05) is 0 Å². The van der Waals surface area contributed by atoms with Gasteiger partial charge in [0.1, 0.15) is 27.6 Å². The second-order valence-corrected chi connectivity index (χ2v) is 11.0. The van der Waals surface area contributed by atoms with Gasteiger partial charge in [0.2, 0.25) is 5.95 Å². The quantitative estimate of drug-likeness (QED) is 0.434. The number of hydrogen-bond donors (Lipinski definition) is 3. The third-order valence-electron chi connectivity index (χ3n) is 5.32. The van der Waals surface area contributed by atoms with Crippen LogP contribution in [0.3, 0.4) is 0 Å². The highest BCUT2D eigenvalue weighted by Gasteiger charge is 2.30. The predicted molar refractivity (Wildman–Crippen MR) is 133 cm³/mol. The number of ether oxygens (including phenoxy) is 1. The topological polar surface area (TPSA) is 138 Å². The van der Waals surface area contributed by atoms with E-state index in [1.807, 2.05) is 13.8 Å². The van der Waals surface area contributed by atoms with Gasteiger partial charge in [-0.2, -0.15) is 4.98 Å². The van der Waals surface area contributed by atoms with Crippen molar-refractivity contribution in [3.05, 3.63) is 30.1 Å². The van der Waals surface area contributed by atoms with Crippen LogP contribution in [0.4, 0.5) is 27.7 Å². The number of sulfone groups is 1. The van der Waals surface area contributed by atoms with Crippen LogP contribution in [0, 0.1) is 0 Å². The van der Waals surface area contributed by atoms with Crippen molar-refractivity contribution >= 4 is 39.0 Å². The molecule has 2 aromatic rings. The van der Waals surface area contributed by atoms with Gasteiger partial charge < -0.3 is 25.6 Å². The summed E-state index contributed by atoms with van der Waals surface area (Å²) in [5, 5.41) is 8.92. The van der Waals surface area contributed by atoms with Crippen molar-refractivity contribution in [2.24, 2.45) is 0 Å². The SMILES string of the molecule is CO[C@H]1CCN(c2nccc(Nc3cc(NC(C)C)c(C(=O)NCCS(C)(=O)=O)cn3)n2)C[C@H]1F. The van der Waals surface area contributed by atoms with E-state index in [2.05, 4.69) is 30.9 Å². The summed E-state index contributed by atoms with van der Waals surface area (Å²) in [5.41, 5.74) is 0.821. The summed E-state index contributed by atoms with van der Waals surface area (Å²) in [6, 6.07) is 3.37. The first-order valence-electron chi connectivity index (χ1n) is 11.3. The first-order chi connectivity index (χ1) is 16.6. The highest BCUT2D eigenvalue weighted by Crippen LogP contribution is 2.24. The molecule has 1 amide bonds. The number of methoxy groups -OCH3 is 1. The fourth-order valence-electron chi connectivity index (χ4n) is 3.61. The standard InChI is InChI=1S/C22H32FN7O4S/c1-14(2)27-17-11-20(26-12-15(17)21(31)24-8-10-35(4,32)33)28-19-5-7-25-22(29-19)30-9-6-18(34-3)16(23)13-30/h5,7,11-12,14,16,18H,6,8-10,13H2,1-4H3,(H,24,31)(H2,25,26,27,28,29)/t16-,18+/m1/s1. The minimum absolute atomic E-state index is 0.00383. The van der Waals surface area contributed by atoms with E-state index in [9.17, 15) is 17.6 Å². The molecule has 1 saturated heterocycles. The molecule has 0 spiro atoms. The van der Waals surface area contributed by atoms with Gasteiger partial charge in [-0.3, -0.25) is 4.79 Å². The molecule has 3 N–H and O–H groups in total.